The average molecular weight is 379 g/mol. The van der Waals surface area contributed by atoms with Gasteiger partial charge in [-0.05, 0) is 47.0 Å². The van der Waals surface area contributed by atoms with Crippen LogP contribution in [0.1, 0.15) is 10.4 Å². The van der Waals surface area contributed by atoms with E-state index in [1.165, 1.54) is 0 Å². The second-order valence-corrected chi connectivity index (χ2v) is 6.69. The van der Waals surface area contributed by atoms with E-state index in [2.05, 4.69) is 27.8 Å². The number of hydrogen-bond acceptors (Lipinski definition) is 3. The number of anilines is 2. The monoisotopic (exact) mass is 379 g/mol. The third kappa shape index (κ3) is 4.33. The first-order valence-corrected chi connectivity index (χ1v) is 9.43. The van der Waals surface area contributed by atoms with Crippen LogP contribution in [0, 0.1) is 0 Å². The maximum absolute atomic E-state index is 12.8. The Morgan fingerprint density at radius 2 is 1.34 bits per heavy atom. The van der Waals surface area contributed by atoms with Crippen LogP contribution in [0.4, 0.5) is 11.4 Å². The predicted molar refractivity (Wildman–Crippen MR) is 119 cm³/mol. The van der Waals surface area contributed by atoms with Crippen LogP contribution < -0.4 is 10.6 Å². The summed E-state index contributed by atoms with van der Waals surface area (Å²) in [5, 5.41) is 6.13. The minimum absolute atomic E-state index is 0.184. The van der Waals surface area contributed by atoms with Crippen molar-refractivity contribution in [3.8, 4) is 22.3 Å². The van der Waals surface area contributed by atoms with Crippen molar-refractivity contribution in [2.45, 2.75) is 0 Å². The van der Waals surface area contributed by atoms with Crippen molar-refractivity contribution in [1.29, 1.82) is 0 Å². The molecule has 1 heterocycles. The van der Waals surface area contributed by atoms with Gasteiger partial charge in [0.15, 0.2) is 0 Å². The molecule has 0 saturated carbocycles. The Morgan fingerprint density at radius 1 is 0.690 bits per heavy atom. The molecule has 3 aromatic carbocycles. The zero-order valence-electron chi connectivity index (χ0n) is 16.1. The molecule has 0 fully saturated rings. The normalized spacial score (nSPS) is 10.4. The van der Waals surface area contributed by atoms with E-state index in [1.807, 2.05) is 79.8 Å². The Kier molecular flexibility index (Phi) is 5.34. The Labute approximate surface area is 170 Å². The van der Waals surface area contributed by atoms with Gasteiger partial charge in [-0.15, -0.1) is 0 Å². The number of pyridine rings is 1. The quantitative estimate of drug-likeness (QED) is 0.467. The summed E-state index contributed by atoms with van der Waals surface area (Å²) in [7, 11) is 1.90. The molecule has 1 aromatic heterocycles. The molecule has 0 aliphatic rings. The van der Waals surface area contributed by atoms with E-state index in [4.69, 9.17) is 0 Å². The Hall–Kier alpha value is -3.92. The van der Waals surface area contributed by atoms with Crippen molar-refractivity contribution in [3.63, 3.8) is 0 Å². The zero-order chi connectivity index (χ0) is 20.1. The van der Waals surface area contributed by atoms with Crippen LogP contribution in [0.3, 0.4) is 0 Å². The van der Waals surface area contributed by atoms with E-state index in [9.17, 15) is 4.79 Å². The van der Waals surface area contributed by atoms with E-state index in [-0.39, 0.29) is 5.91 Å². The van der Waals surface area contributed by atoms with Gasteiger partial charge in [0.2, 0.25) is 0 Å². The fourth-order valence-corrected chi connectivity index (χ4v) is 3.19. The molecule has 0 spiro atoms. The van der Waals surface area contributed by atoms with Gasteiger partial charge in [0.1, 0.15) is 0 Å². The summed E-state index contributed by atoms with van der Waals surface area (Å²) in [5.41, 5.74) is 6.37. The van der Waals surface area contributed by atoms with Crippen LogP contribution in [0.2, 0.25) is 0 Å². The predicted octanol–water partition coefficient (Wildman–Crippen LogP) is 5.71. The summed E-state index contributed by atoms with van der Waals surface area (Å²) < 4.78 is 0. The molecular weight excluding hydrogens is 358 g/mol. The van der Waals surface area contributed by atoms with Crippen molar-refractivity contribution >= 4 is 17.3 Å². The standard InChI is InChI=1S/C25H21N3O/c1-26-23-11-5-9-19(14-23)20-10-6-12-24(15-20)28-25(29)22-13-21(16-27-17-22)18-7-3-2-4-8-18/h2-17,26H,1H3,(H,28,29). The summed E-state index contributed by atoms with van der Waals surface area (Å²) >= 11 is 0. The molecule has 4 nitrogen and oxygen atoms in total. The minimum atomic E-state index is -0.184. The molecule has 0 aliphatic carbocycles. The molecule has 29 heavy (non-hydrogen) atoms. The maximum atomic E-state index is 12.8. The van der Waals surface area contributed by atoms with Gasteiger partial charge >= 0.3 is 0 Å². The van der Waals surface area contributed by atoms with Gasteiger partial charge in [0, 0.05) is 36.4 Å². The van der Waals surface area contributed by atoms with Crippen molar-refractivity contribution < 1.29 is 4.79 Å². The number of aromatic nitrogens is 1. The van der Waals surface area contributed by atoms with E-state index in [0.29, 0.717) is 5.56 Å². The average Bonchev–Trinajstić information content (AvgIpc) is 2.80. The molecule has 0 radical (unpaired) electrons. The number of hydrogen-bond donors (Lipinski definition) is 2. The molecule has 0 aliphatic heterocycles. The summed E-state index contributed by atoms with van der Waals surface area (Å²) in [6, 6.07) is 27.7. The Balaban J connectivity index is 1.56. The highest BCUT2D eigenvalue weighted by Gasteiger charge is 2.09. The lowest BCUT2D eigenvalue weighted by Crippen LogP contribution is -2.12. The van der Waals surface area contributed by atoms with Crippen molar-refractivity contribution in [2.75, 3.05) is 17.7 Å². The minimum Gasteiger partial charge on any atom is -0.388 e. The van der Waals surface area contributed by atoms with Gasteiger partial charge < -0.3 is 10.6 Å². The maximum Gasteiger partial charge on any atom is 0.257 e. The number of carbonyl (C=O) groups is 1. The number of rotatable bonds is 5. The SMILES string of the molecule is CNc1cccc(-c2cccc(NC(=O)c3cncc(-c4ccccc4)c3)c2)c1. The molecule has 142 valence electrons. The molecular formula is C25H21N3O. The van der Waals surface area contributed by atoms with Crippen LogP contribution in [-0.4, -0.2) is 17.9 Å². The number of carbonyl (C=O) groups excluding carboxylic acids is 1. The molecule has 1 amide bonds. The van der Waals surface area contributed by atoms with Crippen molar-refractivity contribution in [2.24, 2.45) is 0 Å². The lowest BCUT2D eigenvalue weighted by atomic mass is 10.0. The smallest absolute Gasteiger partial charge is 0.257 e. The van der Waals surface area contributed by atoms with Crippen LogP contribution in [0.25, 0.3) is 22.3 Å². The summed E-state index contributed by atoms with van der Waals surface area (Å²) in [4.78, 5) is 17.0. The van der Waals surface area contributed by atoms with Gasteiger partial charge in [-0.2, -0.15) is 0 Å². The second-order valence-electron chi connectivity index (χ2n) is 6.69. The first-order chi connectivity index (χ1) is 14.2. The number of nitrogens with zero attached hydrogens (tertiary/aromatic N) is 1. The first-order valence-electron chi connectivity index (χ1n) is 9.43. The third-order valence-corrected chi connectivity index (χ3v) is 4.71. The zero-order valence-corrected chi connectivity index (χ0v) is 16.1. The van der Waals surface area contributed by atoms with E-state index < -0.39 is 0 Å². The van der Waals surface area contributed by atoms with Gasteiger partial charge in [0.05, 0.1) is 5.56 Å². The van der Waals surface area contributed by atoms with Crippen LogP contribution in [-0.2, 0) is 0 Å². The molecule has 0 unspecified atom stereocenters. The van der Waals surface area contributed by atoms with Gasteiger partial charge in [-0.3, -0.25) is 9.78 Å². The number of nitrogens with one attached hydrogen (secondary N) is 2. The van der Waals surface area contributed by atoms with Crippen LogP contribution >= 0.6 is 0 Å². The highest BCUT2D eigenvalue weighted by atomic mass is 16.1. The first kappa shape index (κ1) is 18.4. The lowest BCUT2D eigenvalue weighted by molar-refractivity contribution is 0.102. The second kappa shape index (κ2) is 8.40. The highest BCUT2D eigenvalue weighted by molar-refractivity contribution is 6.05. The largest absolute Gasteiger partial charge is 0.388 e. The highest BCUT2D eigenvalue weighted by Crippen LogP contribution is 2.25. The van der Waals surface area contributed by atoms with Crippen molar-refractivity contribution in [3.05, 3.63) is 103 Å². The molecule has 4 rings (SSSR count). The van der Waals surface area contributed by atoms with E-state index in [0.717, 1.165) is 33.6 Å². The fourth-order valence-electron chi connectivity index (χ4n) is 3.19. The van der Waals surface area contributed by atoms with E-state index >= 15 is 0 Å². The number of amides is 1. The van der Waals surface area contributed by atoms with E-state index in [1.54, 1.807) is 12.4 Å². The molecule has 0 saturated heterocycles. The molecule has 4 heteroatoms. The summed E-state index contributed by atoms with van der Waals surface area (Å²) in [6.45, 7) is 0. The van der Waals surface area contributed by atoms with Gasteiger partial charge in [-0.1, -0.05) is 54.6 Å². The number of benzene rings is 3. The Morgan fingerprint density at radius 3 is 2.07 bits per heavy atom. The summed E-state index contributed by atoms with van der Waals surface area (Å²) in [5.74, 6) is -0.184. The topological polar surface area (TPSA) is 54.0 Å². The lowest BCUT2D eigenvalue weighted by Gasteiger charge is -2.10. The van der Waals surface area contributed by atoms with Gasteiger partial charge in [-0.25, -0.2) is 0 Å². The summed E-state index contributed by atoms with van der Waals surface area (Å²) in [6.07, 6.45) is 3.35. The van der Waals surface area contributed by atoms with Crippen LogP contribution in [0.5, 0.6) is 0 Å². The van der Waals surface area contributed by atoms with Crippen molar-refractivity contribution in [1.82, 2.24) is 4.98 Å². The molecule has 0 bridgehead atoms. The van der Waals surface area contributed by atoms with Gasteiger partial charge in [0.25, 0.3) is 5.91 Å². The molecule has 0 atom stereocenters. The fraction of sp³-hybridized carbons (Fsp3) is 0.0400. The third-order valence-electron chi connectivity index (χ3n) is 4.71. The van der Waals surface area contributed by atoms with Crippen LogP contribution in [0.15, 0.2) is 97.3 Å². The molecule has 4 aromatic rings. The Bertz CT molecular complexity index is 1140. The molecule has 2 N–H and O–H groups in total.